The molecule has 3 rings (SSSR count). The second-order valence-corrected chi connectivity index (χ2v) is 5.02. The third-order valence-corrected chi connectivity index (χ3v) is 3.82. The fourth-order valence-electron chi connectivity index (χ4n) is 1.78. The topological polar surface area (TPSA) is 72.0 Å². The predicted octanol–water partition coefficient (Wildman–Crippen LogP) is 2.45. The molecule has 0 spiro atoms. The van der Waals surface area contributed by atoms with Gasteiger partial charge in [0.05, 0.1) is 16.3 Å². The minimum absolute atomic E-state index is 0.246. The lowest BCUT2D eigenvalue weighted by atomic mass is 10.1. The van der Waals surface area contributed by atoms with E-state index in [4.69, 9.17) is 5.73 Å². The van der Waals surface area contributed by atoms with Gasteiger partial charge in [-0.25, -0.2) is 4.98 Å². The molecule has 4 nitrogen and oxygen atoms in total. The lowest BCUT2D eigenvalue weighted by molar-refractivity contribution is 0.476. The van der Waals surface area contributed by atoms with Gasteiger partial charge in [-0.1, -0.05) is 0 Å². The van der Waals surface area contributed by atoms with Crippen molar-refractivity contribution in [3.8, 4) is 5.75 Å². The Labute approximate surface area is 108 Å². The van der Waals surface area contributed by atoms with Gasteiger partial charge in [-0.15, -0.1) is 11.3 Å². The number of fused-ring (bicyclic) bond motifs is 1. The van der Waals surface area contributed by atoms with Gasteiger partial charge in [0.1, 0.15) is 10.8 Å². The second-order valence-electron chi connectivity index (χ2n) is 3.96. The van der Waals surface area contributed by atoms with Crippen LogP contribution in [0.2, 0.25) is 0 Å². The van der Waals surface area contributed by atoms with Crippen LogP contribution < -0.4 is 5.73 Å². The van der Waals surface area contributed by atoms with Crippen LogP contribution in [0.4, 0.5) is 0 Å². The molecule has 1 aromatic carbocycles. The van der Waals surface area contributed by atoms with Crippen molar-refractivity contribution >= 4 is 21.6 Å². The molecular formula is C13H11N3OS. The third-order valence-electron chi connectivity index (χ3n) is 2.72. The molecule has 2 heterocycles. The zero-order valence-electron chi connectivity index (χ0n) is 9.45. The van der Waals surface area contributed by atoms with Crippen molar-refractivity contribution in [3.63, 3.8) is 0 Å². The van der Waals surface area contributed by atoms with E-state index in [-0.39, 0.29) is 11.8 Å². The number of phenolic OH excluding ortho intramolecular Hbond substituents is 1. The van der Waals surface area contributed by atoms with Crippen LogP contribution in [0.5, 0.6) is 5.75 Å². The van der Waals surface area contributed by atoms with Gasteiger partial charge in [0.15, 0.2) is 0 Å². The van der Waals surface area contributed by atoms with Gasteiger partial charge in [0.25, 0.3) is 0 Å². The van der Waals surface area contributed by atoms with Gasteiger partial charge < -0.3 is 10.8 Å². The highest BCUT2D eigenvalue weighted by Crippen LogP contribution is 2.30. The Kier molecular flexibility index (Phi) is 2.70. The summed E-state index contributed by atoms with van der Waals surface area (Å²) in [5.74, 6) is 0.246. The van der Waals surface area contributed by atoms with Crippen LogP contribution in [0.25, 0.3) is 10.2 Å². The average molecular weight is 257 g/mol. The summed E-state index contributed by atoms with van der Waals surface area (Å²) in [4.78, 5) is 8.46. The maximum atomic E-state index is 9.43. The summed E-state index contributed by atoms with van der Waals surface area (Å²) in [6.45, 7) is 0. The van der Waals surface area contributed by atoms with Gasteiger partial charge >= 0.3 is 0 Å². The normalized spacial score (nSPS) is 12.7. The van der Waals surface area contributed by atoms with Crippen LogP contribution >= 0.6 is 11.3 Å². The Balaban J connectivity index is 2.04. The highest BCUT2D eigenvalue weighted by molar-refractivity contribution is 7.18. The number of aromatic nitrogens is 2. The van der Waals surface area contributed by atoms with Crippen molar-refractivity contribution in [2.24, 2.45) is 5.73 Å². The smallest absolute Gasteiger partial charge is 0.117 e. The van der Waals surface area contributed by atoms with Crippen molar-refractivity contribution in [2.75, 3.05) is 0 Å². The Morgan fingerprint density at radius 2 is 1.94 bits per heavy atom. The number of nitrogens with two attached hydrogens (primary N) is 1. The summed E-state index contributed by atoms with van der Waals surface area (Å²) < 4.78 is 0.939. The zero-order valence-corrected chi connectivity index (χ0v) is 10.3. The first-order chi connectivity index (χ1) is 8.74. The number of thiazole rings is 1. The number of hydrogen-bond donors (Lipinski definition) is 2. The number of hydrogen-bond acceptors (Lipinski definition) is 5. The molecule has 0 saturated carbocycles. The van der Waals surface area contributed by atoms with Crippen molar-refractivity contribution in [3.05, 3.63) is 53.3 Å². The van der Waals surface area contributed by atoms with Gasteiger partial charge in [-0.2, -0.15) is 0 Å². The molecule has 1 unspecified atom stereocenters. The molecule has 0 aliphatic heterocycles. The van der Waals surface area contributed by atoms with E-state index in [9.17, 15) is 5.11 Å². The van der Waals surface area contributed by atoms with Crippen molar-refractivity contribution < 1.29 is 5.11 Å². The van der Waals surface area contributed by atoms with Gasteiger partial charge in [-0.05, 0) is 35.9 Å². The number of pyridine rings is 1. The highest BCUT2D eigenvalue weighted by Gasteiger charge is 2.14. The first-order valence-electron chi connectivity index (χ1n) is 5.49. The molecule has 0 radical (unpaired) electrons. The number of rotatable bonds is 2. The largest absolute Gasteiger partial charge is 0.508 e. The Morgan fingerprint density at radius 1 is 1.17 bits per heavy atom. The van der Waals surface area contributed by atoms with Crippen molar-refractivity contribution in [2.45, 2.75) is 6.04 Å². The molecular weight excluding hydrogens is 246 g/mol. The minimum Gasteiger partial charge on any atom is -0.508 e. The van der Waals surface area contributed by atoms with Crippen LogP contribution in [0.1, 0.15) is 16.6 Å². The van der Waals surface area contributed by atoms with E-state index >= 15 is 0 Å². The fraction of sp³-hybridized carbons (Fsp3) is 0.0769. The number of benzene rings is 1. The zero-order chi connectivity index (χ0) is 12.5. The van der Waals surface area contributed by atoms with Gasteiger partial charge in [0, 0.05) is 12.4 Å². The van der Waals surface area contributed by atoms with Crippen LogP contribution in [0.15, 0.2) is 42.7 Å². The van der Waals surface area contributed by atoms with E-state index in [1.807, 2.05) is 12.1 Å². The number of phenols is 1. The van der Waals surface area contributed by atoms with E-state index in [1.54, 1.807) is 30.6 Å². The molecule has 1 atom stereocenters. The van der Waals surface area contributed by atoms with Gasteiger partial charge in [0.2, 0.25) is 0 Å². The lowest BCUT2D eigenvalue weighted by Crippen LogP contribution is -2.11. The van der Waals surface area contributed by atoms with Crippen molar-refractivity contribution in [1.29, 1.82) is 0 Å². The third kappa shape index (κ3) is 1.94. The molecule has 0 bridgehead atoms. The van der Waals surface area contributed by atoms with E-state index < -0.39 is 0 Å². The summed E-state index contributed by atoms with van der Waals surface area (Å²) >= 11 is 1.50. The van der Waals surface area contributed by atoms with E-state index in [0.29, 0.717) is 0 Å². The molecule has 0 aliphatic carbocycles. The number of aromatic hydroxyl groups is 1. The average Bonchev–Trinajstić information content (AvgIpc) is 2.81. The summed E-state index contributed by atoms with van der Waals surface area (Å²) in [5.41, 5.74) is 8.01. The number of nitrogens with zero attached hydrogens (tertiary/aromatic N) is 2. The van der Waals surface area contributed by atoms with Crippen molar-refractivity contribution in [1.82, 2.24) is 9.97 Å². The van der Waals surface area contributed by atoms with Gasteiger partial charge in [-0.3, -0.25) is 4.98 Å². The lowest BCUT2D eigenvalue weighted by Gasteiger charge is -2.07. The van der Waals surface area contributed by atoms with E-state index in [1.165, 1.54) is 11.3 Å². The van der Waals surface area contributed by atoms with Crippen LogP contribution in [-0.2, 0) is 0 Å². The Morgan fingerprint density at radius 3 is 2.72 bits per heavy atom. The molecule has 0 saturated heterocycles. The summed E-state index contributed by atoms with van der Waals surface area (Å²) in [7, 11) is 0. The molecule has 3 aromatic rings. The second kappa shape index (κ2) is 4.36. The molecule has 0 aliphatic rings. The molecule has 5 heteroatoms. The molecule has 3 N–H and O–H groups in total. The first kappa shape index (κ1) is 11.1. The molecule has 2 aromatic heterocycles. The van der Waals surface area contributed by atoms with Crippen LogP contribution in [0, 0.1) is 0 Å². The van der Waals surface area contributed by atoms with E-state index in [0.717, 1.165) is 20.8 Å². The highest BCUT2D eigenvalue weighted by atomic mass is 32.1. The standard InChI is InChI=1S/C13H11N3OS/c14-12(8-3-5-15-6-4-8)13-16-10-2-1-9(17)7-11(10)18-13/h1-7,12,17H,14H2. The monoisotopic (exact) mass is 257 g/mol. The molecule has 18 heavy (non-hydrogen) atoms. The molecule has 0 fully saturated rings. The van der Waals surface area contributed by atoms with Crippen LogP contribution in [-0.4, -0.2) is 15.1 Å². The summed E-state index contributed by atoms with van der Waals surface area (Å²) in [6.07, 6.45) is 3.43. The molecule has 90 valence electrons. The maximum Gasteiger partial charge on any atom is 0.117 e. The fourth-order valence-corrected chi connectivity index (χ4v) is 2.81. The van der Waals surface area contributed by atoms with Crippen LogP contribution in [0.3, 0.4) is 0 Å². The Bertz CT molecular complexity index is 681. The van der Waals surface area contributed by atoms with E-state index in [2.05, 4.69) is 9.97 Å². The first-order valence-corrected chi connectivity index (χ1v) is 6.30. The molecule has 0 amide bonds. The SMILES string of the molecule is NC(c1ccncc1)c1nc2ccc(O)cc2s1. The summed E-state index contributed by atoms with van der Waals surface area (Å²) in [6, 6.07) is 8.64. The Hall–Kier alpha value is -1.98. The predicted molar refractivity (Wildman–Crippen MR) is 71.6 cm³/mol. The summed E-state index contributed by atoms with van der Waals surface area (Å²) in [5, 5.41) is 10.3. The maximum absolute atomic E-state index is 9.43. The minimum atomic E-state index is -0.257. The quantitative estimate of drug-likeness (QED) is 0.739.